The molecule has 1 atom stereocenters. The number of nitrogens with zero attached hydrogens (tertiary/aromatic N) is 2. The summed E-state index contributed by atoms with van der Waals surface area (Å²) >= 11 is 18.7. The van der Waals surface area contributed by atoms with Gasteiger partial charge in [-0.3, -0.25) is 13.9 Å². The minimum Gasteiger partial charge on any atom is -0.497 e. The Balaban J connectivity index is 2.08. The molecule has 214 valence electrons. The Bertz CT molecular complexity index is 1450. The molecular formula is C28H30Cl3N3O5S. The molecule has 8 nitrogen and oxygen atoms in total. The summed E-state index contributed by atoms with van der Waals surface area (Å²) in [7, 11) is -2.77. The molecule has 0 aliphatic rings. The van der Waals surface area contributed by atoms with Gasteiger partial charge >= 0.3 is 0 Å². The van der Waals surface area contributed by atoms with E-state index in [2.05, 4.69) is 5.32 Å². The fourth-order valence-electron chi connectivity index (χ4n) is 4.08. The van der Waals surface area contributed by atoms with Crippen LogP contribution in [0.4, 0.5) is 5.69 Å². The van der Waals surface area contributed by atoms with Crippen molar-refractivity contribution in [3.8, 4) is 5.75 Å². The van der Waals surface area contributed by atoms with Gasteiger partial charge in [0.15, 0.2) is 0 Å². The van der Waals surface area contributed by atoms with E-state index in [1.54, 1.807) is 50.2 Å². The number of likely N-dealkylation sites (N-methyl/N-ethyl adjacent to an activating group) is 1. The van der Waals surface area contributed by atoms with Crippen LogP contribution in [0.2, 0.25) is 15.1 Å². The third-order valence-corrected chi connectivity index (χ3v) is 8.73. The standard InChI is InChI=1S/C28H30Cl3N3O5S/c1-4-26(28(36)32-5-2)33(17-19-9-10-21(30)16-25(19)31)27(35)18-34(22-8-6-7-20(29)15-22)40(37,38)24-13-11-23(39-3)12-14-24/h6-16,26H,4-5,17-18H2,1-3H3,(H,32,36). The third kappa shape index (κ3) is 7.60. The van der Waals surface area contributed by atoms with E-state index in [0.717, 1.165) is 4.31 Å². The minimum absolute atomic E-state index is 0.0452. The summed E-state index contributed by atoms with van der Waals surface area (Å²) in [5, 5.41) is 3.77. The first-order valence-electron chi connectivity index (χ1n) is 12.4. The van der Waals surface area contributed by atoms with Crippen molar-refractivity contribution in [3.63, 3.8) is 0 Å². The Morgan fingerprint density at radius 2 is 1.62 bits per heavy atom. The van der Waals surface area contributed by atoms with Gasteiger partial charge < -0.3 is 15.0 Å². The molecule has 0 bridgehead atoms. The summed E-state index contributed by atoms with van der Waals surface area (Å²) in [6, 6.07) is 16.0. The van der Waals surface area contributed by atoms with Gasteiger partial charge in [-0.25, -0.2) is 8.42 Å². The summed E-state index contributed by atoms with van der Waals surface area (Å²) in [5.74, 6) is -0.500. The molecule has 1 unspecified atom stereocenters. The van der Waals surface area contributed by atoms with Gasteiger partial charge in [0, 0.05) is 28.2 Å². The molecule has 0 fully saturated rings. The zero-order valence-corrected chi connectivity index (χ0v) is 25.3. The summed E-state index contributed by atoms with van der Waals surface area (Å²) in [4.78, 5) is 28.3. The van der Waals surface area contributed by atoms with Gasteiger partial charge in [0.2, 0.25) is 11.8 Å². The minimum atomic E-state index is -4.25. The predicted molar refractivity (Wildman–Crippen MR) is 159 cm³/mol. The first-order chi connectivity index (χ1) is 19.0. The van der Waals surface area contributed by atoms with E-state index < -0.39 is 28.5 Å². The number of hydrogen-bond donors (Lipinski definition) is 1. The molecule has 0 saturated carbocycles. The van der Waals surface area contributed by atoms with Crippen molar-refractivity contribution in [2.45, 2.75) is 37.8 Å². The average Bonchev–Trinajstić information content (AvgIpc) is 2.92. The molecule has 0 spiro atoms. The number of anilines is 1. The van der Waals surface area contributed by atoms with Gasteiger partial charge in [-0.2, -0.15) is 0 Å². The van der Waals surface area contributed by atoms with Crippen molar-refractivity contribution in [1.82, 2.24) is 10.2 Å². The maximum atomic E-state index is 14.0. The van der Waals surface area contributed by atoms with E-state index in [9.17, 15) is 18.0 Å². The van der Waals surface area contributed by atoms with Crippen molar-refractivity contribution < 1.29 is 22.7 Å². The smallest absolute Gasteiger partial charge is 0.264 e. The molecule has 0 aliphatic heterocycles. The molecule has 40 heavy (non-hydrogen) atoms. The molecule has 0 heterocycles. The second-order valence-corrected chi connectivity index (χ2v) is 11.9. The van der Waals surface area contributed by atoms with Crippen molar-refractivity contribution >= 4 is 62.3 Å². The summed E-state index contributed by atoms with van der Waals surface area (Å²) in [5.41, 5.74) is 0.738. The van der Waals surface area contributed by atoms with Crippen LogP contribution in [0.15, 0.2) is 71.6 Å². The third-order valence-electron chi connectivity index (χ3n) is 6.12. The van der Waals surface area contributed by atoms with Crippen LogP contribution in [-0.4, -0.2) is 51.4 Å². The van der Waals surface area contributed by atoms with Crippen LogP contribution in [-0.2, 0) is 26.2 Å². The number of carbonyl (C=O) groups is 2. The molecular weight excluding hydrogens is 597 g/mol. The number of hydrogen-bond acceptors (Lipinski definition) is 5. The lowest BCUT2D eigenvalue weighted by molar-refractivity contribution is -0.140. The van der Waals surface area contributed by atoms with Gasteiger partial charge in [-0.1, -0.05) is 53.9 Å². The molecule has 0 aromatic heterocycles. The topological polar surface area (TPSA) is 96.0 Å². The summed E-state index contributed by atoms with van der Waals surface area (Å²) in [6.45, 7) is 3.26. The largest absolute Gasteiger partial charge is 0.497 e. The highest BCUT2D eigenvalue weighted by molar-refractivity contribution is 7.92. The maximum Gasteiger partial charge on any atom is 0.264 e. The summed E-state index contributed by atoms with van der Waals surface area (Å²) in [6.07, 6.45) is 0.283. The Kier molecular flexibility index (Phi) is 11.1. The van der Waals surface area contributed by atoms with Crippen LogP contribution >= 0.6 is 34.8 Å². The molecule has 12 heteroatoms. The number of halogens is 3. The number of rotatable bonds is 12. The molecule has 1 N–H and O–H groups in total. The monoisotopic (exact) mass is 625 g/mol. The van der Waals surface area contributed by atoms with Crippen LogP contribution in [0.5, 0.6) is 5.75 Å². The molecule has 2 amide bonds. The lowest BCUT2D eigenvalue weighted by Crippen LogP contribution is -2.52. The van der Waals surface area contributed by atoms with Gasteiger partial charge in [0.05, 0.1) is 17.7 Å². The highest BCUT2D eigenvalue weighted by Gasteiger charge is 2.34. The first-order valence-corrected chi connectivity index (χ1v) is 15.0. The predicted octanol–water partition coefficient (Wildman–Crippen LogP) is 5.79. The van der Waals surface area contributed by atoms with Crippen molar-refractivity contribution in [2.24, 2.45) is 0 Å². The van der Waals surface area contributed by atoms with Crippen LogP contribution in [0.1, 0.15) is 25.8 Å². The van der Waals surface area contributed by atoms with E-state index in [1.807, 2.05) is 0 Å². The normalized spacial score (nSPS) is 11.9. The molecule has 3 rings (SSSR count). The Hall–Kier alpha value is -2.98. The number of methoxy groups -OCH3 is 1. The van der Waals surface area contributed by atoms with Crippen molar-refractivity contribution in [1.29, 1.82) is 0 Å². The fourth-order valence-corrected chi connectivity index (χ4v) is 6.14. The number of ether oxygens (including phenoxy) is 1. The molecule has 0 radical (unpaired) electrons. The van der Waals surface area contributed by atoms with Crippen LogP contribution in [0.3, 0.4) is 0 Å². The van der Waals surface area contributed by atoms with Gasteiger partial charge in [-0.05, 0) is 73.5 Å². The molecule has 3 aromatic rings. The number of sulfonamides is 1. The van der Waals surface area contributed by atoms with Crippen molar-refractivity contribution in [3.05, 3.63) is 87.4 Å². The molecule has 0 aliphatic carbocycles. The Morgan fingerprint density at radius 1 is 0.950 bits per heavy atom. The molecule has 0 saturated heterocycles. The number of benzene rings is 3. The first kappa shape index (κ1) is 31.5. The number of amides is 2. The van der Waals surface area contributed by atoms with E-state index in [4.69, 9.17) is 39.5 Å². The second kappa shape index (κ2) is 14.1. The lowest BCUT2D eigenvalue weighted by Gasteiger charge is -2.33. The highest BCUT2D eigenvalue weighted by Crippen LogP contribution is 2.29. The van der Waals surface area contributed by atoms with Crippen LogP contribution in [0.25, 0.3) is 0 Å². The second-order valence-electron chi connectivity index (χ2n) is 8.74. The van der Waals surface area contributed by atoms with E-state index in [0.29, 0.717) is 32.9 Å². The van der Waals surface area contributed by atoms with Crippen LogP contribution in [0, 0.1) is 0 Å². The number of carbonyl (C=O) groups excluding carboxylic acids is 2. The zero-order chi connectivity index (χ0) is 29.4. The summed E-state index contributed by atoms with van der Waals surface area (Å²) < 4.78 is 33.9. The van der Waals surface area contributed by atoms with E-state index >= 15 is 0 Å². The Morgan fingerprint density at radius 3 is 2.20 bits per heavy atom. The molecule has 3 aromatic carbocycles. The fraction of sp³-hybridized carbons (Fsp3) is 0.286. The van der Waals surface area contributed by atoms with Gasteiger partial charge in [0.1, 0.15) is 18.3 Å². The van der Waals surface area contributed by atoms with E-state index in [1.165, 1.54) is 42.3 Å². The lowest BCUT2D eigenvalue weighted by atomic mass is 10.1. The zero-order valence-electron chi connectivity index (χ0n) is 22.2. The quantitative estimate of drug-likeness (QED) is 0.274. The van der Waals surface area contributed by atoms with E-state index in [-0.39, 0.29) is 29.5 Å². The number of nitrogens with one attached hydrogen (secondary N) is 1. The highest BCUT2D eigenvalue weighted by atomic mass is 35.5. The average molecular weight is 627 g/mol. The van der Waals surface area contributed by atoms with Gasteiger partial charge in [0.25, 0.3) is 10.0 Å². The Labute approximate surface area is 249 Å². The maximum absolute atomic E-state index is 14.0. The van der Waals surface area contributed by atoms with Gasteiger partial charge in [-0.15, -0.1) is 0 Å². The van der Waals surface area contributed by atoms with Crippen LogP contribution < -0.4 is 14.4 Å². The van der Waals surface area contributed by atoms with Crippen molar-refractivity contribution in [2.75, 3.05) is 24.5 Å². The SMILES string of the molecule is CCNC(=O)C(CC)N(Cc1ccc(Cl)cc1Cl)C(=O)CN(c1cccc(Cl)c1)S(=O)(=O)c1ccc(OC)cc1.